The van der Waals surface area contributed by atoms with Crippen LogP contribution in [0.4, 0.5) is 0 Å². The molecule has 1 amide bonds. The number of hydrogen-bond donors (Lipinski definition) is 1. The van der Waals surface area contributed by atoms with Crippen molar-refractivity contribution in [3.05, 3.63) is 22.2 Å². The highest BCUT2D eigenvalue weighted by Gasteiger charge is 2.16. The fourth-order valence-corrected chi connectivity index (χ4v) is 2.12. The average Bonchev–Trinajstić information content (AvgIpc) is 2.44. The number of nitrogens with one attached hydrogen (secondary N) is 1. The van der Waals surface area contributed by atoms with Crippen LogP contribution in [0.1, 0.15) is 24.2 Å². The van der Waals surface area contributed by atoms with E-state index in [1.54, 1.807) is 0 Å². The summed E-state index contributed by atoms with van der Waals surface area (Å²) in [6, 6.07) is 3.01. The van der Waals surface area contributed by atoms with E-state index in [-0.39, 0.29) is 24.1 Å². The predicted molar refractivity (Wildman–Crippen MR) is 80.8 cm³/mol. The minimum absolute atomic E-state index is 0.0101. The summed E-state index contributed by atoms with van der Waals surface area (Å²) in [6.45, 7) is 3.31. The van der Waals surface area contributed by atoms with Crippen molar-refractivity contribution >= 4 is 27.8 Å². The molecular formula is C14H18BrNO5. The van der Waals surface area contributed by atoms with E-state index in [9.17, 15) is 9.59 Å². The zero-order valence-electron chi connectivity index (χ0n) is 12.4. The van der Waals surface area contributed by atoms with Crippen LogP contribution >= 0.6 is 15.9 Å². The third kappa shape index (κ3) is 4.93. The van der Waals surface area contributed by atoms with Crippen molar-refractivity contribution in [3.8, 4) is 11.5 Å². The standard InChI is InChI=1S/C14H18BrNO5/c1-8(2)16-12(17)7-21-14(18)9-5-10(19-3)13(15)11(6-9)20-4/h5-6,8H,7H2,1-4H3,(H,16,17). The lowest BCUT2D eigenvalue weighted by molar-refractivity contribution is -0.124. The van der Waals surface area contributed by atoms with E-state index in [4.69, 9.17) is 14.2 Å². The second kappa shape index (κ2) is 7.87. The number of ether oxygens (including phenoxy) is 3. The van der Waals surface area contributed by atoms with E-state index in [0.717, 1.165) is 0 Å². The molecule has 1 rings (SSSR count). The number of rotatable bonds is 6. The van der Waals surface area contributed by atoms with Crippen LogP contribution in [-0.2, 0) is 9.53 Å². The molecule has 0 saturated carbocycles. The van der Waals surface area contributed by atoms with Gasteiger partial charge in [0.15, 0.2) is 6.61 Å². The number of amides is 1. The molecule has 0 heterocycles. The molecule has 0 saturated heterocycles. The molecule has 0 aliphatic heterocycles. The minimum atomic E-state index is -0.627. The SMILES string of the molecule is COc1cc(C(=O)OCC(=O)NC(C)C)cc(OC)c1Br. The molecule has 1 N–H and O–H groups in total. The number of methoxy groups -OCH3 is 2. The van der Waals surface area contributed by atoms with Crippen LogP contribution in [0.2, 0.25) is 0 Å². The molecule has 21 heavy (non-hydrogen) atoms. The summed E-state index contributed by atoms with van der Waals surface area (Å²) in [5.74, 6) is -0.103. The monoisotopic (exact) mass is 359 g/mol. The van der Waals surface area contributed by atoms with Crippen LogP contribution in [-0.4, -0.2) is 38.7 Å². The number of esters is 1. The van der Waals surface area contributed by atoms with E-state index in [1.807, 2.05) is 13.8 Å². The van der Waals surface area contributed by atoms with Crippen molar-refractivity contribution < 1.29 is 23.8 Å². The van der Waals surface area contributed by atoms with E-state index in [2.05, 4.69) is 21.2 Å². The van der Waals surface area contributed by atoms with Gasteiger partial charge in [-0.3, -0.25) is 4.79 Å². The molecule has 116 valence electrons. The van der Waals surface area contributed by atoms with Gasteiger partial charge in [-0.15, -0.1) is 0 Å². The first-order chi connectivity index (χ1) is 9.88. The molecule has 0 fully saturated rings. The maximum atomic E-state index is 12.0. The second-order valence-corrected chi connectivity index (χ2v) is 5.29. The van der Waals surface area contributed by atoms with Gasteiger partial charge < -0.3 is 19.5 Å². The highest BCUT2D eigenvalue weighted by atomic mass is 79.9. The Hall–Kier alpha value is -1.76. The van der Waals surface area contributed by atoms with Crippen LogP contribution in [0.25, 0.3) is 0 Å². The largest absolute Gasteiger partial charge is 0.495 e. The van der Waals surface area contributed by atoms with Crippen molar-refractivity contribution in [1.82, 2.24) is 5.32 Å². The minimum Gasteiger partial charge on any atom is -0.495 e. The molecule has 0 aliphatic rings. The van der Waals surface area contributed by atoms with E-state index < -0.39 is 5.97 Å². The van der Waals surface area contributed by atoms with Gasteiger partial charge in [-0.05, 0) is 41.9 Å². The number of benzene rings is 1. The highest BCUT2D eigenvalue weighted by Crippen LogP contribution is 2.35. The molecule has 0 aromatic heterocycles. The fraction of sp³-hybridized carbons (Fsp3) is 0.429. The van der Waals surface area contributed by atoms with Gasteiger partial charge >= 0.3 is 5.97 Å². The number of hydrogen-bond acceptors (Lipinski definition) is 5. The molecule has 1 aromatic rings. The number of carbonyl (C=O) groups excluding carboxylic acids is 2. The maximum Gasteiger partial charge on any atom is 0.338 e. The molecule has 0 aliphatic carbocycles. The summed E-state index contributed by atoms with van der Waals surface area (Å²) in [5, 5.41) is 2.63. The molecule has 0 spiro atoms. The summed E-state index contributed by atoms with van der Waals surface area (Å²) in [6.07, 6.45) is 0. The smallest absolute Gasteiger partial charge is 0.338 e. The Labute approximate surface area is 131 Å². The van der Waals surface area contributed by atoms with Gasteiger partial charge in [-0.25, -0.2) is 4.79 Å². The van der Waals surface area contributed by atoms with Crippen molar-refractivity contribution in [1.29, 1.82) is 0 Å². The first kappa shape index (κ1) is 17.3. The van der Waals surface area contributed by atoms with Gasteiger partial charge in [0.05, 0.1) is 19.8 Å². The lowest BCUT2D eigenvalue weighted by Gasteiger charge is -2.12. The van der Waals surface area contributed by atoms with E-state index >= 15 is 0 Å². The summed E-state index contributed by atoms with van der Waals surface area (Å²) >= 11 is 3.31. The Morgan fingerprint density at radius 3 is 2.14 bits per heavy atom. The van der Waals surface area contributed by atoms with Gasteiger partial charge in [-0.2, -0.15) is 0 Å². The van der Waals surface area contributed by atoms with Crippen LogP contribution in [0.15, 0.2) is 16.6 Å². The number of halogens is 1. The third-order valence-corrected chi connectivity index (χ3v) is 3.25. The second-order valence-electron chi connectivity index (χ2n) is 4.49. The zero-order chi connectivity index (χ0) is 16.0. The van der Waals surface area contributed by atoms with Crippen LogP contribution in [0, 0.1) is 0 Å². The van der Waals surface area contributed by atoms with Crippen LogP contribution in [0.3, 0.4) is 0 Å². The van der Waals surface area contributed by atoms with E-state index in [0.29, 0.717) is 16.0 Å². The average molecular weight is 360 g/mol. The van der Waals surface area contributed by atoms with Crippen molar-refractivity contribution in [2.45, 2.75) is 19.9 Å². The highest BCUT2D eigenvalue weighted by molar-refractivity contribution is 9.10. The fourth-order valence-electron chi connectivity index (χ4n) is 1.57. The summed E-state index contributed by atoms with van der Waals surface area (Å²) in [4.78, 5) is 23.4. The molecule has 7 heteroatoms. The van der Waals surface area contributed by atoms with Gasteiger partial charge in [-0.1, -0.05) is 0 Å². The van der Waals surface area contributed by atoms with E-state index in [1.165, 1.54) is 26.4 Å². The lowest BCUT2D eigenvalue weighted by atomic mass is 10.2. The first-order valence-electron chi connectivity index (χ1n) is 6.27. The van der Waals surface area contributed by atoms with Crippen molar-refractivity contribution in [2.75, 3.05) is 20.8 Å². The Morgan fingerprint density at radius 2 is 1.71 bits per heavy atom. The normalized spacial score (nSPS) is 10.2. The van der Waals surface area contributed by atoms with Gasteiger partial charge in [0.2, 0.25) is 0 Å². The maximum absolute atomic E-state index is 12.0. The Bertz CT molecular complexity index is 505. The number of carbonyl (C=O) groups is 2. The molecule has 6 nitrogen and oxygen atoms in total. The topological polar surface area (TPSA) is 73.9 Å². The first-order valence-corrected chi connectivity index (χ1v) is 7.06. The van der Waals surface area contributed by atoms with Gasteiger partial charge in [0.1, 0.15) is 16.0 Å². The summed E-state index contributed by atoms with van der Waals surface area (Å²) in [5.41, 5.74) is 0.240. The summed E-state index contributed by atoms with van der Waals surface area (Å²) in [7, 11) is 2.95. The molecular weight excluding hydrogens is 342 g/mol. The predicted octanol–water partition coefficient (Wildman–Crippen LogP) is 2.15. The molecule has 0 unspecified atom stereocenters. The van der Waals surface area contributed by atoms with Gasteiger partial charge in [0, 0.05) is 6.04 Å². The van der Waals surface area contributed by atoms with Crippen LogP contribution in [0.5, 0.6) is 11.5 Å². The lowest BCUT2D eigenvalue weighted by Crippen LogP contribution is -2.33. The Balaban J connectivity index is 2.81. The zero-order valence-corrected chi connectivity index (χ0v) is 13.9. The molecule has 0 radical (unpaired) electrons. The molecule has 0 atom stereocenters. The molecule has 1 aromatic carbocycles. The Morgan fingerprint density at radius 1 is 1.19 bits per heavy atom. The van der Waals surface area contributed by atoms with Crippen LogP contribution < -0.4 is 14.8 Å². The molecule has 0 bridgehead atoms. The quantitative estimate of drug-likeness (QED) is 0.787. The van der Waals surface area contributed by atoms with Crippen molar-refractivity contribution in [3.63, 3.8) is 0 Å². The Kier molecular flexibility index (Phi) is 6.48. The van der Waals surface area contributed by atoms with Gasteiger partial charge in [0.25, 0.3) is 5.91 Å². The third-order valence-electron chi connectivity index (χ3n) is 2.47. The van der Waals surface area contributed by atoms with Crippen molar-refractivity contribution in [2.24, 2.45) is 0 Å². The summed E-state index contributed by atoms with van der Waals surface area (Å²) < 4.78 is 15.8.